The van der Waals surface area contributed by atoms with Gasteiger partial charge < -0.3 is 14.8 Å². The van der Waals surface area contributed by atoms with E-state index in [9.17, 15) is 9.59 Å². The molecular formula is C21H21N3O2S. The molecule has 2 amide bonds. The molecule has 1 atom stereocenters. The van der Waals surface area contributed by atoms with Crippen molar-refractivity contribution in [1.29, 1.82) is 0 Å². The van der Waals surface area contributed by atoms with E-state index in [1.165, 1.54) is 0 Å². The van der Waals surface area contributed by atoms with Crippen LogP contribution in [0.5, 0.6) is 0 Å². The molecule has 1 N–H and O–H groups in total. The molecule has 2 heterocycles. The van der Waals surface area contributed by atoms with Crippen molar-refractivity contribution in [3.8, 4) is 0 Å². The maximum Gasteiger partial charge on any atom is 0.255 e. The highest BCUT2D eigenvalue weighted by Gasteiger charge is 2.35. The SMILES string of the molecule is CCn1ccc2cc(NC(=O)C3CSCN3C(=O)c3ccccc3)ccc21. The first kappa shape index (κ1) is 17.7. The second-order valence-electron chi connectivity index (χ2n) is 6.52. The second-order valence-corrected chi connectivity index (χ2v) is 7.52. The third kappa shape index (κ3) is 3.45. The van der Waals surface area contributed by atoms with Crippen LogP contribution in [0.1, 0.15) is 17.3 Å². The van der Waals surface area contributed by atoms with E-state index in [4.69, 9.17) is 0 Å². The summed E-state index contributed by atoms with van der Waals surface area (Å²) in [4.78, 5) is 27.2. The summed E-state index contributed by atoms with van der Waals surface area (Å²) in [6, 6.07) is 16.6. The van der Waals surface area contributed by atoms with Gasteiger partial charge in [-0.2, -0.15) is 0 Å². The average Bonchev–Trinajstić information content (AvgIpc) is 3.34. The molecule has 1 aromatic heterocycles. The van der Waals surface area contributed by atoms with Gasteiger partial charge in [0.25, 0.3) is 5.91 Å². The van der Waals surface area contributed by atoms with E-state index in [2.05, 4.69) is 16.8 Å². The quantitative estimate of drug-likeness (QED) is 0.750. The minimum absolute atomic E-state index is 0.101. The first-order valence-electron chi connectivity index (χ1n) is 9.01. The van der Waals surface area contributed by atoms with Crippen molar-refractivity contribution in [3.05, 3.63) is 66.4 Å². The lowest BCUT2D eigenvalue weighted by atomic mass is 10.1. The fourth-order valence-electron chi connectivity index (χ4n) is 3.39. The molecule has 0 aliphatic carbocycles. The molecule has 3 aromatic rings. The number of hydrogen-bond donors (Lipinski definition) is 1. The van der Waals surface area contributed by atoms with Crippen molar-refractivity contribution in [2.45, 2.75) is 19.5 Å². The van der Waals surface area contributed by atoms with Crippen molar-refractivity contribution in [2.75, 3.05) is 16.9 Å². The van der Waals surface area contributed by atoms with Crippen LogP contribution in [0.3, 0.4) is 0 Å². The van der Waals surface area contributed by atoms with Crippen molar-refractivity contribution in [1.82, 2.24) is 9.47 Å². The van der Waals surface area contributed by atoms with E-state index in [1.54, 1.807) is 28.8 Å². The molecule has 2 aromatic carbocycles. The number of amides is 2. The van der Waals surface area contributed by atoms with Crippen LogP contribution in [0, 0.1) is 0 Å². The summed E-state index contributed by atoms with van der Waals surface area (Å²) in [5.74, 6) is 0.901. The predicted octanol–water partition coefficient (Wildman–Crippen LogP) is 3.82. The van der Waals surface area contributed by atoms with Gasteiger partial charge in [0.1, 0.15) is 6.04 Å². The molecule has 0 radical (unpaired) electrons. The Morgan fingerprint density at radius 1 is 1.15 bits per heavy atom. The minimum atomic E-state index is -0.460. The topological polar surface area (TPSA) is 54.3 Å². The monoisotopic (exact) mass is 379 g/mol. The van der Waals surface area contributed by atoms with Crippen LogP contribution in [-0.2, 0) is 11.3 Å². The first-order chi connectivity index (χ1) is 13.2. The third-order valence-corrected chi connectivity index (χ3v) is 5.86. The predicted molar refractivity (Wildman–Crippen MR) is 110 cm³/mol. The standard InChI is InChI=1S/C21H21N3O2S/c1-2-23-11-10-16-12-17(8-9-18(16)23)22-20(25)19-13-27-14-24(19)21(26)15-6-4-3-5-7-15/h3-12,19H,2,13-14H2,1H3,(H,22,25). The molecule has 1 saturated heterocycles. The van der Waals surface area contributed by atoms with Gasteiger partial charge in [-0.1, -0.05) is 18.2 Å². The lowest BCUT2D eigenvalue weighted by Crippen LogP contribution is -2.44. The van der Waals surface area contributed by atoms with Gasteiger partial charge in [-0.25, -0.2) is 0 Å². The zero-order valence-electron chi connectivity index (χ0n) is 15.1. The number of benzene rings is 2. The molecule has 6 heteroatoms. The first-order valence-corrected chi connectivity index (χ1v) is 10.2. The number of rotatable bonds is 4. The molecule has 0 bridgehead atoms. The van der Waals surface area contributed by atoms with Gasteiger partial charge in [-0.05, 0) is 43.3 Å². The summed E-state index contributed by atoms with van der Waals surface area (Å²) < 4.78 is 2.16. The lowest BCUT2D eigenvalue weighted by molar-refractivity contribution is -0.119. The van der Waals surface area contributed by atoms with E-state index in [1.807, 2.05) is 48.7 Å². The highest BCUT2D eigenvalue weighted by molar-refractivity contribution is 7.99. The summed E-state index contributed by atoms with van der Waals surface area (Å²) in [6.07, 6.45) is 2.05. The number of fused-ring (bicyclic) bond motifs is 1. The zero-order valence-corrected chi connectivity index (χ0v) is 15.9. The van der Waals surface area contributed by atoms with Crippen LogP contribution >= 0.6 is 11.8 Å². The Morgan fingerprint density at radius 3 is 2.74 bits per heavy atom. The number of aromatic nitrogens is 1. The molecule has 1 fully saturated rings. The summed E-state index contributed by atoms with van der Waals surface area (Å²) in [6.45, 7) is 3.01. The molecule has 138 valence electrons. The fourth-order valence-corrected chi connectivity index (χ4v) is 4.54. The van der Waals surface area contributed by atoms with Crippen molar-refractivity contribution >= 4 is 40.2 Å². The second kappa shape index (κ2) is 7.48. The largest absolute Gasteiger partial charge is 0.348 e. The Kier molecular flexibility index (Phi) is 4.90. The Hall–Kier alpha value is -2.73. The Bertz CT molecular complexity index is 984. The van der Waals surface area contributed by atoms with Crippen molar-refractivity contribution < 1.29 is 9.59 Å². The van der Waals surface area contributed by atoms with Crippen LogP contribution in [0.4, 0.5) is 5.69 Å². The number of anilines is 1. The Morgan fingerprint density at radius 2 is 1.96 bits per heavy atom. The summed E-state index contributed by atoms with van der Waals surface area (Å²) in [7, 11) is 0. The number of carbonyl (C=O) groups is 2. The smallest absolute Gasteiger partial charge is 0.255 e. The highest BCUT2D eigenvalue weighted by atomic mass is 32.2. The Balaban J connectivity index is 1.51. The molecule has 4 rings (SSSR count). The van der Waals surface area contributed by atoms with Gasteiger partial charge >= 0.3 is 0 Å². The molecule has 0 spiro atoms. The fraction of sp³-hybridized carbons (Fsp3) is 0.238. The van der Waals surface area contributed by atoms with Crippen LogP contribution in [0.25, 0.3) is 10.9 Å². The normalized spacial score (nSPS) is 16.6. The van der Waals surface area contributed by atoms with Gasteiger partial charge in [0.05, 0.1) is 5.88 Å². The van der Waals surface area contributed by atoms with Gasteiger partial charge in [0.15, 0.2) is 0 Å². The molecule has 1 aliphatic heterocycles. The summed E-state index contributed by atoms with van der Waals surface area (Å²) in [5, 5.41) is 4.07. The molecule has 0 saturated carbocycles. The maximum atomic E-state index is 12.8. The molecule has 1 aliphatic rings. The number of hydrogen-bond acceptors (Lipinski definition) is 3. The van der Waals surface area contributed by atoms with Crippen LogP contribution in [-0.4, -0.2) is 39.0 Å². The number of nitrogens with one attached hydrogen (secondary N) is 1. The van der Waals surface area contributed by atoms with Crippen molar-refractivity contribution in [2.24, 2.45) is 0 Å². The van der Waals surface area contributed by atoms with E-state index in [0.29, 0.717) is 17.2 Å². The van der Waals surface area contributed by atoms with Gasteiger partial charge in [0.2, 0.25) is 5.91 Å². The summed E-state index contributed by atoms with van der Waals surface area (Å²) in [5.41, 5.74) is 2.51. The van der Waals surface area contributed by atoms with E-state index in [-0.39, 0.29) is 11.8 Å². The van der Waals surface area contributed by atoms with Crippen LogP contribution in [0.15, 0.2) is 60.8 Å². The molecule has 1 unspecified atom stereocenters. The molecule has 27 heavy (non-hydrogen) atoms. The minimum Gasteiger partial charge on any atom is -0.348 e. The van der Waals surface area contributed by atoms with E-state index >= 15 is 0 Å². The lowest BCUT2D eigenvalue weighted by Gasteiger charge is -2.23. The van der Waals surface area contributed by atoms with Gasteiger partial charge in [-0.3, -0.25) is 9.59 Å². The van der Waals surface area contributed by atoms with Crippen LogP contribution < -0.4 is 5.32 Å². The number of thioether (sulfide) groups is 1. The van der Waals surface area contributed by atoms with E-state index < -0.39 is 6.04 Å². The zero-order chi connectivity index (χ0) is 18.8. The highest BCUT2D eigenvalue weighted by Crippen LogP contribution is 2.25. The summed E-state index contributed by atoms with van der Waals surface area (Å²) >= 11 is 1.60. The number of nitrogens with zero attached hydrogens (tertiary/aromatic N) is 2. The Labute approximate surface area is 162 Å². The van der Waals surface area contributed by atoms with Crippen LogP contribution in [0.2, 0.25) is 0 Å². The number of carbonyl (C=O) groups excluding carboxylic acids is 2. The molecule has 5 nitrogen and oxygen atoms in total. The van der Waals surface area contributed by atoms with Crippen molar-refractivity contribution in [3.63, 3.8) is 0 Å². The number of aryl methyl sites for hydroxylation is 1. The third-order valence-electron chi connectivity index (χ3n) is 4.85. The average molecular weight is 379 g/mol. The van der Waals surface area contributed by atoms with E-state index in [0.717, 1.165) is 23.1 Å². The molecular weight excluding hydrogens is 358 g/mol. The maximum absolute atomic E-state index is 12.8. The van der Waals surface area contributed by atoms with Gasteiger partial charge in [0, 0.05) is 40.6 Å². The van der Waals surface area contributed by atoms with Gasteiger partial charge in [-0.15, -0.1) is 11.8 Å².